The third kappa shape index (κ3) is 5.09. The number of nitrogens with two attached hydrogens (primary N) is 1. The topological polar surface area (TPSA) is 35.2 Å². The lowest BCUT2D eigenvalue weighted by Crippen LogP contribution is -2.11. The molecule has 0 amide bonds. The lowest BCUT2D eigenvalue weighted by atomic mass is 9.99. The first-order valence-corrected chi connectivity index (χ1v) is 7.18. The van der Waals surface area contributed by atoms with Gasteiger partial charge in [-0.15, -0.1) is 0 Å². The van der Waals surface area contributed by atoms with Crippen molar-refractivity contribution in [3.05, 3.63) is 29.8 Å². The molecule has 1 unspecified atom stereocenters. The number of benzene rings is 1. The molecule has 0 heterocycles. The van der Waals surface area contributed by atoms with Crippen molar-refractivity contribution in [2.45, 2.75) is 57.9 Å². The van der Waals surface area contributed by atoms with Gasteiger partial charge >= 0.3 is 0 Å². The molecule has 18 heavy (non-hydrogen) atoms. The zero-order chi connectivity index (χ0) is 13.2. The van der Waals surface area contributed by atoms with Crippen LogP contribution in [0.4, 0.5) is 0 Å². The summed E-state index contributed by atoms with van der Waals surface area (Å²) in [5.74, 6) is 0.913. The molecule has 2 N–H and O–H groups in total. The molecular formula is C16H27NO. The fourth-order valence-corrected chi connectivity index (χ4v) is 2.27. The summed E-state index contributed by atoms with van der Waals surface area (Å²) in [5.41, 5.74) is 7.37. The molecule has 102 valence electrons. The number of rotatable bonds is 9. The van der Waals surface area contributed by atoms with Crippen molar-refractivity contribution < 1.29 is 4.74 Å². The number of hydrogen-bond donors (Lipinski definition) is 1. The highest BCUT2D eigenvalue weighted by molar-refractivity contribution is 5.35. The van der Waals surface area contributed by atoms with Gasteiger partial charge in [-0.25, -0.2) is 0 Å². The molecule has 1 aromatic rings. The second kappa shape index (κ2) is 8.98. The summed E-state index contributed by atoms with van der Waals surface area (Å²) in [4.78, 5) is 0. The van der Waals surface area contributed by atoms with Gasteiger partial charge in [0.05, 0.1) is 7.11 Å². The van der Waals surface area contributed by atoms with Crippen molar-refractivity contribution in [1.82, 2.24) is 0 Å². The normalized spacial score (nSPS) is 12.4. The smallest absolute Gasteiger partial charge is 0.123 e. The molecule has 0 aliphatic rings. The Morgan fingerprint density at radius 2 is 1.72 bits per heavy atom. The van der Waals surface area contributed by atoms with Crippen LogP contribution in [0, 0.1) is 0 Å². The quantitative estimate of drug-likeness (QED) is 0.656. The molecule has 0 saturated carbocycles. The molecule has 1 aromatic carbocycles. The minimum atomic E-state index is 0.104. The standard InChI is InChI=1S/C16H27NO/c1-3-4-5-6-7-8-12-15(17)14-11-9-10-13-16(14)18-2/h9-11,13,15H,3-8,12,17H2,1-2H3. The van der Waals surface area contributed by atoms with E-state index in [1.807, 2.05) is 18.2 Å². The first-order chi connectivity index (χ1) is 8.79. The highest BCUT2D eigenvalue weighted by atomic mass is 16.5. The Morgan fingerprint density at radius 1 is 1.06 bits per heavy atom. The molecule has 0 fully saturated rings. The molecule has 0 spiro atoms. The maximum atomic E-state index is 6.23. The minimum Gasteiger partial charge on any atom is -0.496 e. The van der Waals surface area contributed by atoms with Crippen molar-refractivity contribution in [2.75, 3.05) is 7.11 Å². The largest absolute Gasteiger partial charge is 0.496 e. The van der Waals surface area contributed by atoms with E-state index in [1.54, 1.807) is 7.11 Å². The van der Waals surface area contributed by atoms with E-state index in [2.05, 4.69) is 13.0 Å². The van der Waals surface area contributed by atoms with Crippen molar-refractivity contribution in [2.24, 2.45) is 5.73 Å². The highest BCUT2D eigenvalue weighted by Crippen LogP contribution is 2.26. The average molecular weight is 249 g/mol. The van der Waals surface area contributed by atoms with Crippen LogP contribution in [0.25, 0.3) is 0 Å². The van der Waals surface area contributed by atoms with E-state index >= 15 is 0 Å². The van der Waals surface area contributed by atoms with Crippen LogP contribution in [0.15, 0.2) is 24.3 Å². The van der Waals surface area contributed by atoms with Gasteiger partial charge in [0.1, 0.15) is 5.75 Å². The van der Waals surface area contributed by atoms with Gasteiger partial charge in [0.15, 0.2) is 0 Å². The fraction of sp³-hybridized carbons (Fsp3) is 0.625. The Labute approximate surface area is 112 Å². The van der Waals surface area contributed by atoms with Crippen LogP contribution >= 0.6 is 0 Å². The Morgan fingerprint density at radius 3 is 2.44 bits per heavy atom. The van der Waals surface area contributed by atoms with Gasteiger partial charge < -0.3 is 10.5 Å². The molecule has 2 heteroatoms. The van der Waals surface area contributed by atoms with Gasteiger partial charge in [-0.2, -0.15) is 0 Å². The van der Waals surface area contributed by atoms with E-state index in [0.717, 1.165) is 17.7 Å². The molecule has 0 aliphatic heterocycles. The maximum Gasteiger partial charge on any atom is 0.123 e. The molecule has 0 aromatic heterocycles. The average Bonchev–Trinajstić information content (AvgIpc) is 2.42. The lowest BCUT2D eigenvalue weighted by Gasteiger charge is -2.15. The molecule has 0 radical (unpaired) electrons. The second-order valence-electron chi connectivity index (χ2n) is 4.90. The monoisotopic (exact) mass is 249 g/mol. The van der Waals surface area contributed by atoms with Crippen LogP contribution in [-0.2, 0) is 0 Å². The zero-order valence-electron chi connectivity index (χ0n) is 11.8. The third-order valence-electron chi connectivity index (χ3n) is 3.41. The zero-order valence-corrected chi connectivity index (χ0v) is 11.8. The summed E-state index contributed by atoms with van der Waals surface area (Å²) < 4.78 is 5.35. The van der Waals surface area contributed by atoms with Crippen molar-refractivity contribution in [3.63, 3.8) is 0 Å². The van der Waals surface area contributed by atoms with Crippen LogP contribution in [-0.4, -0.2) is 7.11 Å². The van der Waals surface area contributed by atoms with Crippen molar-refractivity contribution in [1.29, 1.82) is 0 Å². The summed E-state index contributed by atoms with van der Waals surface area (Å²) >= 11 is 0. The summed E-state index contributed by atoms with van der Waals surface area (Å²) in [6.07, 6.45) is 8.92. The van der Waals surface area contributed by atoms with Crippen LogP contribution in [0.1, 0.15) is 63.5 Å². The highest BCUT2D eigenvalue weighted by Gasteiger charge is 2.10. The number of unbranched alkanes of at least 4 members (excludes halogenated alkanes) is 5. The van der Waals surface area contributed by atoms with Crippen molar-refractivity contribution in [3.8, 4) is 5.75 Å². The SMILES string of the molecule is CCCCCCCCC(N)c1ccccc1OC. The van der Waals surface area contributed by atoms with E-state index < -0.39 is 0 Å². The predicted molar refractivity (Wildman–Crippen MR) is 77.9 cm³/mol. The number of methoxy groups -OCH3 is 1. The Kier molecular flexibility index (Phi) is 7.51. The maximum absolute atomic E-state index is 6.23. The number of hydrogen-bond acceptors (Lipinski definition) is 2. The number of para-hydroxylation sites is 1. The van der Waals surface area contributed by atoms with Gasteiger partial charge in [0.2, 0.25) is 0 Å². The Bertz CT molecular complexity index is 325. The molecule has 0 saturated heterocycles. The van der Waals surface area contributed by atoms with Crippen LogP contribution in [0.2, 0.25) is 0 Å². The minimum absolute atomic E-state index is 0.104. The van der Waals surface area contributed by atoms with Gasteiger partial charge in [-0.05, 0) is 12.5 Å². The molecular weight excluding hydrogens is 222 g/mol. The summed E-state index contributed by atoms with van der Waals surface area (Å²) in [7, 11) is 1.70. The first kappa shape index (κ1) is 15.0. The Balaban J connectivity index is 2.29. The van der Waals surface area contributed by atoms with Gasteiger partial charge in [-0.3, -0.25) is 0 Å². The molecule has 1 atom stereocenters. The van der Waals surface area contributed by atoms with E-state index in [9.17, 15) is 0 Å². The van der Waals surface area contributed by atoms with E-state index in [-0.39, 0.29) is 6.04 Å². The molecule has 2 nitrogen and oxygen atoms in total. The molecule has 1 rings (SSSR count). The summed E-state index contributed by atoms with van der Waals surface area (Å²) in [6.45, 7) is 2.25. The van der Waals surface area contributed by atoms with Crippen LogP contribution in [0.3, 0.4) is 0 Å². The predicted octanol–water partition coefficient (Wildman–Crippen LogP) is 4.45. The molecule has 0 aliphatic carbocycles. The lowest BCUT2D eigenvalue weighted by molar-refractivity contribution is 0.403. The van der Waals surface area contributed by atoms with Crippen LogP contribution in [0.5, 0.6) is 5.75 Å². The first-order valence-electron chi connectivity index (χ1n) is 7.18. The van der Waals surface area contributed by atoms with Crippen molar-refractivity contribution >= 4 is 0 Å². The van der Waals surface area contributed by atoms with Crippen LogP contribution < -0.4 is 10.5 Å². The fourth-order valence-electron chi connectivity index (χ4n) is 2.27. The van der Waals surface area contributed by atoms with Gasteiger partial charge in [0.25, 0.3) is 0 Å². The summed E-state index contributed by atoms with van der Waals surface area (Å²) in [6, 6.07) is 8.17. The van der Waals surface area contributed by atoms with Gasteiger partial charge in [-0.1, -0.05) is 63.6 Å². The number of ether oxygens (including phenoxy) is 1. The Hall–Kier alpha value is -1.02. The van der Waals surface area contributed by atoms with E-state index in [0.29, 0.717) is 0 Å². The third-order valence-corrected chi connectivity index (χ3v) is 3.41. The van der Waals surface area contributed by atoms with E-state index in [1.165, 1.54) is 38.5 Å². The molecule has 0 bridgehead atoms. The second-order valence-corrected chi connectivity index (χ2v) is 4.90. The van der Waals surface area contributed by atoms with E-state index in [4.69, 9.17) is 10.5 Å². The van der Waals surface area contributed by atoms with Gasteiger partial charge in [0, 0.05) is 11.6 Å². The summed E-state index contributed by atoms with van der Waals surface area (Å²) in [5, 5.41) is 0.